The lowest BCUT2D eigenvalue weighted by Crippen LogP contribution is -2.47. The smallest absolute Gasteiger partial charge is 0.0132 e. The quantitative estimate of drug-likeness (QED) is 0.484. The fraction of sp³-hybridized carbons (Fsp3) is 1.00. The summed E-state index contributed by atoms with van der Waals surface area (Å²) in [6, 6.07) is 0. The molecule has 0 aliphatic carbocycles. The predicted molar refractivity (Wildman–Crippen MR) is 124 cm³/mol. The largest absolute Gasteiger partial charge is 0.325 e. The van der Waals surface area contributed by atoms with Crippen molar-refractivity contribution in [3.05, 3.63) is 0 Å². The van der Waals surface area contributed by atoms with E-state index >= 15 is 0 Å². The summed E-state index contributed by atoms with van der Waals surface area (Å²) in [4.78, 5) is 0. The van der Waals surface area contributed by atoms with Crippen molar-refractivity contribution in [3.63, 3.8) is 0 Å². The molecule has 2 N–H and O–H groups in total. The molecule has 0 unspecified atom stereocenters. The summed E-state index contributed by atoms with van der Waals surface area (Å²) < 4.78 is 0. The Morgan fingerprint density at radius 3 is 0.840 bits per heavy atom. The first-order chi connectivity index (χ1) is 10.6. The molecule has 0 aromatic rings. The molecule has 0 heterocycles. The maximum atomic E-state index is 6.77. The zero-order valence-corrected chi connectivity index (χ0v) is 21.8. The summed E-state index contributed by atoms with van der Waals surface area (Å²) in [7, 11) is -0.237. The van der Waals surface area contributed by atoms with Crippen LogP contribution in [0.3, 0.4) is 0 Å². The van der Waals surface area contributed by atoms with Crippen LogP contribution in [0, 0.1) is 5.92 Å². The molecule has 0 amide bonds. The van der Waals surface area contributed by atoms with Crippen molar-refractivity contribution < 1.29 is 0 Å². The van der Waals surface area contributed by atoms with Crippen molar-refractivity contribution in [2.75, 3.05) is 12.3 Å². The third kappa shape index (κ3) is 8.58. The summed E-state index contributed by atoms with van der Waals surface area (Å²) >= 11 is 0. The van der Waals surface area contributed by atoms with E-state index in [1.54, 1.807) is 0 Å². The normalized spacial score (nSPS) is 15.6. The second-order valence-corrected chi connectivity index (χ2v) is 20.2. The molecule has 1 nitrogen and oxygen atoms in total. The van der Waals surface area contributed by atoms with E-state index in [1.165, 1.54) is 12.3 Å². The molecule has 0 rings (SSSR count). The first kappa shape index (κ1) is 25.8. The molecule has 0 saturated carbocycles. The molecule has 0 atom stereocenters. The molecule has 0 aromatic carbocycles. The van der Waals surface area contributed by atoms with Gasteiger partial charge in [0.15, 0.2) is 0 Å². The fourth-order valence-corrected chi connectivity index (χ4v) is 12.6. The van der Waals surface area contributed by atoms with Crippen LogP contribution in [0.25, 0.3) is 0 Å². The minimum atomic E-state index is -0.118. The third-order valence-electron chi connectivity index (χ3n) is 5.10. The van der Waals surface area contributed by atoms with Crippen molar-refractivity contribution in [2.45, 2.75) is 123 Å². The lowest BCUT2D eigenvalue weighted by Gasteiger charge is -2.49. The van der Waals surface area contributed by atoms with Crippen molar-refractivity contribution >= 4 is 15.8 Å². The maximum Gasteiger partial charge on any atom is 0.0132 e. The van der Waals surface area contributed by atoms with Gasteiger partial charge in [0.05, 0.1) is 0 Å². The van der Waals surface area contributed by atoms with E-state index in [-0.39, 0.29) is 21.4 Å². The monoisotopic (exact) mass is 389 g/mol. The van der Waals surface area contributed by atoms with Crippen molar-refractivity contribution in [2.24, 2.45) is 11.7 Å². The molecule has 25 heavy (non-hydrogen) atoms. The zero-order chi connectivity index (χ0) is 20.6. The van der Waals surface area contributed by atoms with Gasteiger partial charge >= 0.3 is 0 Å². The highest BCUT2D eigenvalue weighted by atomic mass is 31.1. The van der Waals surface area contributed by atoms with Crippen molar-refractivity contribution in [1.82, 2.24) is 0 Å². The molecular formula is C22H49NP2. The average Bonchev–Trinajstić information content (AvgIpc) is 2.18. The van der Waals surface area contributed by atoms with Crippen LogP contribution in [0.1, 0.15) is 96.9 Å². The topological polar surface area (TPSA) is 26.0 Å². The minimum absolute atomic E-state index is 0.117. The summed E-state index contributed by atoms with van der Waals surface area (Å²) in [5.74, 6) is 0.585. The third-order valence-corrected chi connectivity index (χ3v) is 13.2. The lowest BCUT2D eigenvalue weighted by molar-refractivity contribution is 0.377. The van der Waals surface area contributed by atoms with Crippen LogP contribution in [0.2, 0.25) is 0 Å². The van der Waals surface area contributed by atoms with Gasteiger partial charge in [-0.3, -0.25) is 0 Å². The van der Waals surface area contributed by atoms with Crippen LogP contribution in [0.5, 0.6) is 0 Å². The molecule has 3 heteroatoms. The van der Waals surface area contributed by atoms with Crippen LogP contribution >= 0.6 is 15.8 Å². The Balaban J connectivity index is 5.82. The summed E-state index contributed by atoms with van der Waals surface area (Å²) in [6.45, 7) is 33.7. The minimum Gasteiger partial charge on any atom is -0.325 e. The van der Waals surface area contributed by atoms with Crippen LogP contribution in [-0.2, 0) is 0 Å². The molecule has 0 radical (unpaired) electrons. The highest BCUT2D eigenvalue weighted by molar-refractivity contribution is 7.62. The summed E-state index contributed by atoms with van der Waals surface area (Å²) in [5, 5.41) is 1.46. The van der Waals surface area contributed by atoms with Gasteiger partial charge in [-0.15, -0.1) is 0 Å². The summed E-state index contributed by atoms with van der Waals surface area (Å²) in [5.41, 5.74) is 6.65. The van der Waals surface area contributed by atoms with E-state index < -0.39 is 0 Å². The number of nitrogens with two attached hydrogens (primary N) is 1. The first-order valence-electron chi connectivity index (χ1n) is 9.92. The van der Waals surface area contributed by atoms with Crippen LogP contribution in [0.15, 0.2) is 0 Å². The van der Waals surface area contributed by atoms with Crippen LogP contribution < -0.4 is 5.73 Å². The van der Waals surface area contributed by atoms with Crippen LogP contribution in [-0.4, -0.2) is 38.5 Å². The Labute approximate surface area is 163 Å². The van der Waals surface area contributed by atoms with E-state index in [0.29, 0.717) is 26.5 Å². The number of hydrogen-bond acceptors (Lipinski definition) is 1. The van der Waals surface area contributed by atoms with Gasteiger partial charge in [-0.05, 0) is 52.7 Å². The van der Waals surface area contributed by atoms with Gasteiger partial charge < -0.3 is 5.73 Å². The van der Waals surface area contributed by atoms with Gasteiger partial charge in [-0.2, -0.15) is 0 Å². The Bertz CT molecular complexity index is 346. The summed E-state index contributed by atoms with van der Waals surface area (Å²) in [6.07, 6.45) is 2.58. The van der Waals surface area contributed by atoms with Crippen molar-refractivity contribution in [1.29, 1.82) is 0 Å². The number of hydrogen-bond donors (Lipinski definition) is 1. The first-order valence-corrected chi connectivity index (χ1v) is 13.0. The molecule has 0 spiro atoms. The van der Waals surface area contributed by atoms with Gasteiger partial charge in [0.25, 0.3) is 0 Å². The second-order valence-electron chi connectivity index (χ2n) is 12.4. The molecule has 0 aromatic heterocycles. The molecule has 0 saturated heterocycles. The molecule has 0 aliphatic heterocycles. The Morgan fingerprint density at radius 2 is 0.720 bits per heavy atom. The zero-order valence-electron chi connectivity index (χ0n) is 20.0. The van der Waals surface area contributed by atoms with Crippen molar-refractivity contribution in [3.8, 4) is 0 Å². The van der Waals surface area contributed by atoms with E-state index in [4.69, 9.17) is 5.73 Å². The fourth-order valence-electron chi connectivity index (χ4n) is 4.08. The predicted octanol–water partition coefficient (Wildman–Crippen LogP) is 7.50. The van der Waals surface area contributed by atoms with Gasteiger partial charge in [-0.1, -0.05) is 98.9 Å². The average molecular weight is 390 g/mol. The maximum absolute atomic E-state index is 6.77. The standard InChI is InChI=1S/C22H49NP2/c1-18(2,3)24(19(4,5)6)15-17(22(13,14)23)16-25(20(7,8)9)21(10,11)12/h17H,15-16,23H2,1-14H3. The van der Waals surface area contributed by atoms with Gasteiger partial charge in [-0.25, -0.2) is 0 Å². The van der Waals surface area contributed by atoms with Crippen LogP contribution in [0.4, 0.5) is 0 Å². The van der Waals surface area contributed by atoms with Gasteiger partial charge in [0.2, 0.25) is 0 Å². The Morgan fingerprint density at radius 1 is 0.520 bits per heavy atom. The second kappa shape index (κ2) is 8.05. The molecular weight excluding hydrogens is 340 g/mol. The van der Waals surface area contributed by atoms with Gasteiger partial charge in [0, 0.05) is 5.54 Å². The Kier molecular flexibility index (Phi) is 8.32. The van der Waals surface area contributed by atoms with E-state index in [2.05, 4.69) is 96.9 Å². The van der Waals surface area contributed by atoms with E-state index in [0.717, 1.165) is 0 Å². The molecule has 0 bridgehead atoms. The SMILES string of the molecule is CC(C)(N)C(CP(C(C)(C)C)C(C)(C)C)CP(C(C)(C)C)C(C)(C)C. The molecule has 0 aliphatic rings. The highest BCUT2D eigenvalue weighted by Crippen LogP contribution is 2.64. The lowest BCUT2D eigenvalue weighted by atomic mass is 9.92. The highest BCUT2D eigenvalue weighted by Gasteiger charge is 2.42. The van der Waals surface area contributed by atoms with E-state index in [9.17, 15) is 0 Å². The molecule has 152 valence electrons. The molecule has 0 fully saturated rings. The number of rotatable bonds is 5. The Hall–Kier alpha value is 0.820. The van der Waals surface area contributed by atoms with Gasteiger partial charge in [0.1, 0.15) is 0 Å². The van der Waals surface area contributed by atoms with E-state index in [1.807, 2.05) is 0 Å².